The van der Waals surface area contributed by atoms with Crippen LogP contribution in [0.25, 0.3) is 0 Å². The van der Waals surface area contributed by atoms with E-state index in [2.05, 4.69) is 0 Å². The van der Waals surface area contributed by atoms with Crippen LogP contribution in [-0.4, -0.2) is 60.2 Å². The van der Waals surface area contributed by atoms with Gasteiger partial charge < -0.3 is 19.1 Å². The van der Waals surface area contributed by atoms with Crippen LogP contribution in [-0.2, 0) is 13.7 Å². The molecule has 1 aliphatic carbocycles. The lowest BCUT2D eigenvalue weighted by Gasteiger charge is -2.25. The maximum absolute atomic E-state index is 14.0. The number of aromatic nitrogens is 1. The Morgan fingerprint density at radius 3 is 2.25 bits per heavy atom. The molecule has 3 rings (SSSR count). The molecule has 0 aliphatic heterocycles. The number of carbonyl (C=O) groups is 2. The molecule has 0 atom stereocenters. The number of carbonyl (C=O) groups excluding carboxylic acids is 2. The molecular formula is C23H26F3N3O3. The van der Waals surface area contributed by atoms with Gasteiger partial charge in [0.2, 0.25) is 11.6 Å². The van der Waals surface area contributed by atoms with Gasteiger partial charge in [-0.1, -0.05) is 0 Å². The van der Waals surface area contributed by atoms with Crippen LogP contribution in [0.5, 0.6) is 5.75 Å². The quantitative estimate of drug-likeness (QED) is 0.618. The van der Waals surface area contributed by atoms with Gasteiger partial charge in [0.1, 0.15) is 18.1 Å². The molecule has 1 aliphatic rings. The van der Waals surface area contributed by atoms with E-state index in [0.717, 1.165) is 13.0 Å². The normalized spacial score (nSPS) is 13.5. The number of ketones is 2. The zero-order chi connectivity index (χ0) is 23.7. The van der Waals surface area contributed by atoms with Crippen molar-refractivity contribution >= 4 is 11.6 Å². The molecule has 172 valence electrons. The number of halogens is 3. The molecule has 6 nitrogen and oxygen atoms in total. The van der Waals surface area contributed by atoms with Crippen LogP contribution in [0.3, 0.4) is 0 Å². The fraction of sp³-hybridized carbons (Fsp3) is 0.391. The summed E-state index contributed by atoms with van der Waals surface area (Å²) < 4.78 is 48.0. The van der Waals surface area contributed by atoms with Crippen molar-refractivity contribution < 1.29 is 27.5 Å². The van der Waals surface area contributed by atoms with Crippen molar-refractivity contribution in [3.63, 3.8) is 0 Å². The minimum atomic E-state index is -1.19. The van der Waals surface area contributed by atoms with E-state index in [1.807, 2.05) is 19.0 Å². The lowest BCUT2D eigenvalue weighted by Crippen LogP contribution is -2.31. The van der Waals surface area contributed by atoms with Crippen LogP contribution >= 0.6 is 0 Å². The molecule has 0 N–H and O–H groups in total. The summed E-state index contributed by atoms with van der Waals surface area (Å²) in [5.74, 6) is -4.86. The Hall–Kier alpha value is -3.07. The van der Waals surface area contributed by atoms with Crippen molar-refractivity contribution in [1.29, 1.82) is 0 Å². The van der Waals surface area contributed by atoms with E-state index in [0.29, 0.717) is 29.9 Å². The summed E-state index contributed by atoms with van der Waals surface area (Å²) in [5, 5.41) is 0. The molecule has 9 heteroatoms. The van der Waals surface area contributed by atoms with E-state index < -0.39 is 23.2 Å². The largest absolute Gasteiger partial charge is 0.483 e. The van der Waals surface area contributed by atoms with E-state index in [9.17, 15) is 22.8 Å². The van der Waals surface area contributed by atoms with Crippen LogP contribution in [0.2, 0.25) is 0 Å². The van der Waals surface area contributed by atoms with Gasteiger partial charge in [-0.3, -0.25) is 9.59 Å². The molecule has 1 heterocycles. The predicted octanol–water partition coefficient (Wildman–Crippen LogP) is 3.48. The van der Waals surface area contributed by atoms with Gasteiger partial charge in [-0.05, 0) is 34.0 Å². The predicted molar refractivity (Wildman–Crippen MR) is 113 cm³/mol. The highest BCUT2D eigenvalue weighted by molar-refractivity contribution is 6.24. The Kier molecular flexibility index (Phi) is 6.78. The standard InChI is InChI=1S/C23H26F3N3O3/c1-13-15(12-32-23-16(25)9-14(24)10-17(23)26)20-21(29(13)5)19(30)11-18(22(20)31)28(4)8-6-7-27(2)3/h9-11H,6-8,12H2,1-5H3. The third-order valence-electron chi connectivity index (χ3n) is 5.61. The average Bonchev–Trinajstić information content (AvgIpc) is 2.95. The fourth-order valence-electron chi connectivity index (χ4n) is 3.80. The molecule has 2 aromatic rings. The molecule has 1 aromatic carbocycles. The topological polar surface area (TPSA) is 54.8 Å². The minimum Gasteiger partial charge on any atom is -0.483 e. The van der Waals surface area contributed by atoms with Gasteiger partial charge in [0.25, 0.3) is 0 Å². The van der Waals surface area contributed by atoms with Crippen molar-refractivity contribution in [2.75, 3.05) is 34.2 Å². The summed E-state index contributed by atoms with van der Waals surface area (Å²) in [5.41, 5.74) is 1.54. The Labute approximate surface area is 184 Å². The first-order chi connectivity index (χ1) is 15.0. The highest BCUT2D eigenvalue weighted by Crippen LogP contribution is 2.32. The van der Waals surface area contributed by atoms with Gasteiger partial charge in [0.05, 0.1) is 11.3 Å². The maximum atomic E-state index is 14.0. The number of nitrogens with zero attached hydrogens (tertiary/aromatic N) is 3. The second kappa shape index (κ2) is 9.20. The summed E-state index contributed by atoms with van der Waals surface area (Å²) in [7, 11) is 7.29. The zero-order valence-electron chi connectivity index (χ0n) is 18.8. The second-order valence-corrected chi connectivity index (χ2v) is 8.14. The fourth-order valence-corrected chi connectivity index (χ4v) is 3.80. The van der Waals surface area contributed by atoms with Gasteiger partial charge >= 0.3 is 0 Å². The van der Waals surface area contributed by atoms with Crippen LogP contribution in [0.4, 0.5) is 13.2 Å². The number of ether oxygens (including phenoxy) is 1. The second-order valence-electron chi connectivity index (χ2n) is 8.14. The first kappa shape index (κ1) is 23.6. The number of hydrogen-bond donors (Lipinski definition) is 0. The van der Waals surface area contributed by atoms with Gasteiger partial charge in [-0.25, -0.2) is 13.2 Å². The number of benzene rings is 1. The smallest absolute Gasteiger partial charge is 0.211 e. The summed E-state index contributed by atoms with van der Waals surface area (Å²) in [6.45, 7) is 2.73. The first-order valence-corrected chi connectivity index (χ1v) is 10.1. The minimum absolute atomic E-state index is 0.162. The van der Waals surface area contributed by atoms with Crippen LogP contribution in [0.15, 0.2) is 23.9 Å². The Balaban J connectivity index is 1.91. The van der Waals surface area contributed by atoms with Crippen molar-refractivity contribution in [3.05, 3.63) is 63.9 Å². The molecule has 0 amide bonds. The van der Waals surface area contributed by atoms with Crippen molar-refractivity contribution in [2.45, 2.75) is 20.0 Å². The van der Waals surface area contributed by atoms with Gasteiger partial charge in [-0.15, -0.1) is 0 Å². The number of hydrogen-bond acceptors (Lipinski definition) is 5. The third kappa shape index (κ3) is 4.43. The highest BCUT2D eigenvalue weighted by Gasteiger charge is 2.35. The maximum Gasteiger partial charge on any atom is 0.211 e. The average molecular weight is 449 g/mol. The lowest BCUT2D eigenvalue weighted by molar-refractivity contribution is 0.0951. The molecular weight excluding hydrogens is 423 g/mol. The first-order valence-electron chi connectivity index (χ1n) is 10.1. The Morgan fingerprint density at radius 2 is 1.66 bits per heavy atom. The molecule has 1 aromatic heterocycles. The van der Waals surface area contributed by atoms with E-state index in [4.69, 9.17) is 4.74 Å². The molecule has 0 spiro atoms. The third-order valence-corrected chi connectivity index (χ3v) is 5.61. The van der Waals surface area contributed by atoms with Crippen molar-refractivity contribution in [2.24, 2.45) is 7.05 Å². The molecule has 32 heavy (non-hydrogen) atoms. The highest BCUT2D eigenvalue weighted by atomic mass is 19.1. The van der Waals surface area contributed by atoms with Crippen LogP contribution < -0.4 is 4.74 Å². The molecule has 0 bridgehead atoms. The monoisotopic (exact) mass is 449 g/mol. The molecule has 0 saturated carbocycles. The number of likely N-dealkylation sites (N-methyl/N-ethyl adjacent to an activating group) is 1. The van der Waals surface area contributed by atoms with E-state index in [1.165, 1.54) is 6.08 Å². The summed E-state index contributed by atoms with van der Waals surface area (Å²) >= 11 is 0. The molecule has 0 radical (unpaired) electrons. The molecule has 0 unspecified atom stereocenters. The van der Waals surface area contributed by atoms with E-state index in [-0.39, 0.29) is 35.1 Å². The SMILES string of the molecule is Cc1c(COc2c(F)cc(F)cc2F)c2c(n1C)C(=O)C=C(N(C)CCCN(C)C)C2=O. The van der Waals surface area contributed by atoms with Crippen LogP contribution in [0.1, 0.15) is 38.5 Å². The van der Waals surface area contributed by atoms with Gasteiger partial charge in [-0.2, -0.15) is 0 Å². The number of rotatable bonds is 8. The molecule has 0 fully saturated rings. The summed E-state index contributed by atoms with van der Waals surface area (Å²) in [6, 6.07) is 1.04. The zero-order valence-corrected chi connectivity index (χ0v) is 18.8. The number of allylic oxidation sites excluding steroid dienone is 2. The van der Waals surface area contributed by atoms with Gasteiger partial charge in [0, 0.05) is 50.1 Å². The number of fused-ring (bicyclic) bond motifs is 1. The molecule has 0 saturated heterocycles. The lowest BCUT2D eigenvalue weighted by atomic mass is 9.94. The Morgan fingerprint density at radius 1 is 1.03 bits per heavy atom. The van der Waals surface area contributed by atoms with E-state index in [1.54, 1.807) is 30.5 Å². The summed E-state index contributed by atoms with van der Waals surface area (Å²) in [6.07, 6.45) is 2.12. The number of Topliss-reactive ketones (excluding diaryl/α,β-unsaturated/α-hetero) is 1. The summed E-state index contributed by atoms with van der Waals surface area (Å²) in [4.78, 5) is 29.9. The van der Waals surface area contributed by atoms with Gasteiger partial charge in [0.15, 0.2) is 17.4 Å². The van der Waals surface area contributed by atoms with Crippen molar-refractivity contribution in [1.82, 2.24) is 14.4 Å². The Bertz CT molecular complexity index is 1080. The van der Waals surface area contributed by atoms with Crippen molar-refractivity contribution in [3.8, 4) is 5.75 Å². The van der Waals surface area contributed by atoms with Crippen LogP contribution in [0, 0.1) is 24.4 Å². The van der Waals surface area contributed by atoms with E-state index >= 15 is 0 Å².